The molecule has 0 spiro atoms. The highest BCUT2D eigenvalue weighted by molar-refractivity contribution is 6.33. The number of rotatable bonds is 6. The summed E-state index contributed by atoms with van der Waals surface area (Å²) < 4.78 is 10.6. The molecule has 0 aromatic heterocycles. The number of anilines is 1. The molecule has 0 saturated carbocycles. The normalized spacial score (nSPS) is 12.2. The largest absolute Gasteiger partial charge is 0.481 e. The first kappa shape index (κ1) is 21.8. The topological polar surface area (TPSA) is 64.6 Å². The van der Waals surface area contributed by atoms with E-state index in [1.165, 1.54) is 30.9 Å². The molecule has 1 N–H and O–H groups in total. The molecule has 6 heteroatoms. The first-order valence-electron chi connectivity index (χ1n) is 9.11. The van der Waals surface area contributed by atoms with E-state index < -0.39 is 12.1 Å². The zero-order chi connectivity index (χ0) is 20.9. The van der Waals surface area contributed by atoms with Crippen molar-refractivity contribution in [3.8, 4) is 5.75 Å². The van der Waals surface area contributed by atoms with Gasteiger partial charge in [-0.05, 0) is 47.7 Å². The Labute approximate surface area is 171 Å². The number of halogens is 1. The minimum Gasteiger partial charge on any atom is -0.481 e. The molecule has 5 nitrogen and oxygen atoms in total. The Morgan fingerprint density at radius 3 is 2.29 bits per heavy atom. The summed E-state index contributed by atoms with van der Waals surface area (Å²) in [6.07, 6.45) is -0.223. The van der Waals surface area contributed by atoms with Crippen LogP contribution >= 0.6 is 11.6 Å². The highest BCUT2D eigenvalue weighted by Gasteiger charge is 2.21. The van der Waals surface area contributed by atoms with E-state index in [1.807, 2.05) is 31.2 Å². The van der Waals surface area contributed by atoms with E-state index in [1.54, 1.807) is 0 Å². The monoisotopic (exact) mass is 403 g/mol. The van der Waals surface area contributed by atoms with Crippen LogP contribution in [0.25, 0.3) is 0 Å². The molecule has 2 aromatic rings. The van der Waals surface area contributed by atoms with Crippen molar-refractivity contribution in [3.63, 3.8) is 0 Å². The van der Waals surface area contributed by atoms with Crippen molar-refractivity contribution in [2.75, 3.05) is 12.4 Å². The third-order valence-electron chi connectivity index (χ3n) is 4.31. The quantitative estimate of drug-likeness (QED) is 0.671. The van der Waals surface area contributed by atoms with Crippen LogP contribution < -0.4 is 10.1 Å². The lowest BCUT2D eigenvalue weighted by molar-refractivity contribution is -0.122. The van der Waals surface area contributed by atoms with Gasteiger partial charge >= 0.3 is 5.97 Å². The molecule has 0 saturated heterocycles. The lowest BCUT2D eigenvalue weighted by Gasteiger charge is -2.21. The first-order valence-corrected chi connectivity index (χ1v) is 9.49. The van der Waals surface area contributed by atoms with Crippen molar-refractivity contribution in [2.45, 2.75) is 45.6 Å². The third-order valence-corrected chi connectivity index (χ3v) is 4.64. The van der Waals surface area contributed by atoms with E-state index in [9.17, 15) is 9.59 Å². The summed E-state index contributed by atoms with van der Waals surface area (Å²) in [5.74, 6) is -0.231. The minimum atomic E-state index is -0.696. The van der Waals surface area contributed by atoms with Gasteiger partial charge in [0.2, 0.25) is 0 Å². The molecule has 0 radical (unpaired) electrons. The van der Waals surface area contributed by atoms with Gasteiger partial charge in [0.25, 0.3) is 5.91 Å². The van der Waals surface area contributed by atoms with Crippen molar-refractivity contribution in [3.05, 3.63) is 58.6 Å². The summed E-state index contributed by atoms with van der Waals surface area (Å²) >= 11 is 6.15. The fourth-order valence-electron chi connectivity index (χ4n) is 2.60. The van der Waals surface area contributed by atoms with Gasteiger partial charge < -0.3 is 14.8 Å². The van der Waals surface area contributed by atoms with E-state index in [4.69, 9.17) is 21.1 Å². The number of esters is 1. The summed E-state index contributed by atoms with van der Waals surface area (Å²) in [5, 5.41) is 3.06. The lowest BCUT2D eigenvalue weighted by atomic mass is 9.87. The second-order valence-electron chi connectivity index (χ2n) is 7.46. The Balaban J connectivity index is 2.13. The first-order chi connectivity index (χ1) is 13.2. The van der Waals surface area contributed by atoms with Crippen LogP contribution in [-0.4, -0.2) is 25.1 Å². The molecule has 2 aromatic carbocycles. The van der Waals surface area contributed by atoms with Crippen LogP contribution in [0.4, 0.5) is 5.69 Å². The van der Waals surface area contributed by atoms with Crippen molar-refractivity contribution >= 4 is 29.2 Å². The molecular weight excluding hydrogens is 378 g/mol. The summed E-state index contributed by atoms with van der Waals surface area (Å²) in [5.41, 5.74) is 1.86. The van der Waals surface area contributed by atoms with Gasteiger partial charge in [0, 0.05) is 0 Å². The third kappa shape index (κ3) is 5.49. The van der Waals surface area contributed by atoms with Gasteiger partial charge in [-0.25, -0.2) is 4.79 Å². The van der Waals surface area contributed by atoms with Crippen molar-refractivity contribution in [1.29, 1.82) is 0 Å². The van der Waals surface area contributed by atoms with Gasteiger partial charge in [-0.1, -0.05) is 51.4 Å². The number of carbonyl (C=O) groups is 2. The predicted molar refractivity (Wildman–Crippen MR) is 111 cm³/mol. The Hall–Kier alpha value is -2.53. The van der Waals surface area contributed by atoms with Crippen LogP contribution in [-0.2, 0) is 14.9 Å². The van der Waals surface area contributed by atoms with E-state index in [2.05, 4.69) is 26.1 Å². The molecule has 0 aliphatic heterocycles. The number of hydrogen-bond donors (Lipinski definition) is 1. The molecular formula is C22H26ClNO4. The van der Waals surface area contributed by atoms with E-state index in [0.29, 0.717) is 28.4 Å². The molecule has 28 heavy (non-hydrogen) atoms. The number of methoxy groups -OCH3 is 1. The van der Waals surface area contributed by atoms with Gasteiger partial charge in [0.15, 0.2) is 6.10 Å². The maximum atomic E-state index is 12.7. The molecule has 0 aliphatic carbocycles. The highest BCUT2D eigenvalue weighted by atomic mass is 35.5. The molecule has 0 heterocycles. The molecule has 1 amide bonds. The summed E-state index contributed by atoms with van der Waals surface area (Å²) in [4.78, 5) is 24.4. The van der Waals surface area contributed by atoms with Gasteiger partial charge in [-0.3, -0.25) is 4.79 Å². The number of amides is 1. The highest BCUT2D eigenvalue weighted by Crippen LogP contribution is 2.26. The molecule has 2 rings (SSSR count). The summed E-state index contributed by atoms with van der Waals surface area (Å²) in [6, 6.07) is 12.3. The maximum absolute atomic E-state index is 12.7. The number of benzene rings is 2. The van der Waals surface area contributed by atoms with Crippen molar-refractivity contribution < 1.29 is 19.1 Å². The standard InChI is InChI=1S/C22H26ClNO4/c1-6-19(28-16-10-8-15(9-11-16)22(2,3)4)20(25)24-18-13-14(21(26)27-5)7-12-17(18)23/h7-13,19H,6H2,1-5H3,(H,24,25)/t19-/m0/s1. The molecule has 0 bridgehead atoms. The Morgan fingerprint density at radius 2 is 1.75 bits per heavy atom. The fraction of sp³-hybridized carbons (Fsp3) is 0.364. The fourth-order valence-corrected chi connectivity index (χ4v) is 2.76. The average molecular weight is 404 g/mol. The number of ether oxygens (including phenoxy) is 2. The average Bonchev–Trinajstić information content (AvgIpc) is 2.66. The van der Waals surface area contributed by atoms with Crippen LogP contribution in [0, 0.1) is 0 Å². The van der Waals surface area contributed by atoms with Crippen molar-refractivity contribution in [1.82, 2.24) is 0 Å². The zero-order valence-corrected chi connectivity index (χ0v) is 17.6. The Morgan fingerprint density at radius 1 is 1.11 bits per heavy atom. The van der Waals surface area contributed by atoms with E-state index in [-0.39, 0.29) is 11.3 Å². The second kappa shape index (κ2) is 9.11. The van der Waals surface area contributed by atoms with Crippen molar-refractivity contribution in [2.24, 2.45) is 0 Å². The van der Waals surface area contributed by atoms with Crippen LogP contribution in [0.3, 0.4) is 0 Å². The van der Waals surface area contributed by atoms with Gasteiger partial charge in [0.1, 0.15) is 5.75 Å². The van der Waals surface area contributed by atoms with Gasteiger partial charge in [-0.15, -0.1) is 0 Å². The van der Waals surface area contributed by atoms with Crippen LogP contribution in [0.2, 0.25) is 5.02 Å². The number of carbonyl (C=O) groups excluding carboxylic acids is 2. The van der Waals surface area contributed by atoms with Crippen LogP contribution in [0.15, 0.2) is 42.5 Å². The molecule has 0 unspecified atom stereocenters. The molecule has 0 aliphatic rings. The second-order valence-corrected chi connectivity index (χ2v) is 7.87. The van der Waals surface area contributed by atoms with E-state index in [0.717, 1.165) is 0 Å². The molecule has 150 valence electrons. The van der Waals surface area contributed by atoms with Gasteiger partial charge in [-0.2, -0.15) is 0 Å². The summed E-state index contributed by atoms with van der Waals surface area (Å²) in [6.45, 7) is 8.27. The molecule has 0 fully saturated rings. The zero-order valence-electron chi connectivity index (χ0n) is 16.8. The summed E-state index contributed by atoms with van der Waals surface area (Å²) in [7, 11) is 1.29. The maximum Gasteiger partial charge on any atom is 0.337 e. The van der Waals surface area contributed by atoms with Crippen LogP contribution in [0.1, 0.15) is 50.0 Å². The number of nitrogens with one attached hydrogen (secondary N) is 1. The van der Waals surface area contributed by atoms with Gasteiger partial charge in [0.05, 0.1) is 23.4 Å². The van der Waals surface area contributed by atoms with E-state index >= 15 is 0 Å². The Bertz CT molecular complexity index is 841. The Kier molecular flexibility index (Phi) is 7.08. The molecule has 1 atom stereocenters. The SMILES string of the molecule is CC[C@H](Oc1ccc(C(C)(C)C)cc1)C(=O)Nc1cc(C(=O)OC)ccc1Cl. The predicted octanol–water partition coefficient (Wildman–Crippen LogP) is 5.22. The van der Waals surface area contributed by atoms with Crippen LogP contribution in [0.5, 0.6) is 5.75 Å². The smallest absolute Gasteiger partial charge is 0.337 e. The number of hydrogen-bond acceptors (Lipinski definition) is 4. The minimum absolute atomic E-state index is 0.0431. The lowest BCUT2D eigenvalue weighted by Crippen LogP contribution is -2.32.